The molecule has 6 nitrogen and oxygen atoms in total. The van der Waals surface area contributed by atoms with Crippen molar-refractivity contribution in [2.24, 2.45) is 0 Å². The molecule has 4 N–H and O–H groups in total. The Morgan fingerprint density at radius 2 is 0.929 bits per heavy atom. The maximum absolute atomic E-state index is 11.9. The zero-order chi connectivity index (χ0) is 20.4. The van der Waals surface area contributed by atoms with Gasteiger partial charge in [0, 0.05) is 0 Å². The summed E-state index contributed by atoms with van der Waals surface area (Å²) in [5, 5.41) is 41.7. The lowest BCUT2D eigenvalue weighted by molar-refractivity contribution is -0.161. The van der Waals surface area contributed by atoms with Crippen LogP contribution in [0.4, 0.5) is 0 Å². The van der Waals surface area contributed by atoms with Crippen LogP contribution in [0.5, 0.6) is 0 Å². The summed E-state index contributed by atoms with van der Waals surface area (Å²) in [5.41, 5.74) is -2.14. The van der Waals surface area contributed by atoms with E-state index < -0.39 is 35.0 Å². The number of hydrogen-bond acceptors (Lipinski definition) is 4. The highest BCUT2D eigenvalue weighted by Crippen LogP contribution is 2.48. The van der Waals surface area contributed by atoms with Crippen LogP contribution in [0.3, 0.4) is 0 Å². The summed E-state index contributed by atoms with van der Waals surface area (Å²) in [4.78, 5) is 23.8. The van der Waals surface area contributed by atoms with Gasteiger partial charge in [0.1, 0.15) is 11.8 Å². The van der Waals surface area contributed by atoms with Gasteiger partial charge in [0.25, 0.3) is 0 Å². The average Bonchev–Trinajstić information content (AvgIpc) is 2.66. The van der Waals surface area contributed by atoms with Gasteiger partial charge in [-0.1, -0.05) is 60.7 Å². The number of hydrogen-bond donors (Lipinski definition) is 4. The molecule has 2 atom stereocenters. The molecule has 2 aromatic rings. The lowest BCUT2D eigenvalue weighted by Gasteiger charge is -2.45. The summed E-state index contributed by atoms with van der Waals surface area (Å²) in [6.45, 7) is 0. The summed E-state index contributed by atoms with van der Waals surface area (Å²) in [6.07, 6.45) is -0.0318. The molecule has 1 fully saturated rings. The molecule has 2 aromatic carbocycles. The molecule has 3 rings (SSSR count). The number of carboxylic acids is 2. The van der Waals surface area contributed by atoms with Gasteiger partial charge in [-0.3, -0.25) is 9.59 Å². The molecule has 1 aliphatic rings. The second-order valence-electron chi connectivity index (χ2n) is 7.57. The summed E-state index contributed by atoms with van der Waals surface area (Å²) < 4.78 is 0. The van der Waals surface area contributed by atoms with Gasteiger partial charge in [-0.05, 0) is 36.8 Å². The molecule has 0 saturated heterocycles. The first-order chi connectivity index (χ1) is 13.3. The predicted octanol–water partition coefficient (Wildman–Crippen LogP) is 2.76. The quantitative estimate of drug-likeness (QED) is 0.609. The van der Waals surface area contributed by atoms with Crippen molar-refractivity contribution in [1.29, 1.82) is 0 Å². The fourth-order valence-electron chi connectivity index (χ4n) is 4.35. The molecule has 0 heterocycles. The average molecular weight is 384 g/mol. The van der Waals surface area contributed by atoms with Crippen LogP contribution < -0.4 is 0 Å². The minimum Gasteiger partial charge on any atom is -0.481 e. The maximum atomic E-state index is 11.9. The van der Waals surface area contributed by atoms with Crippen molar-refractivity contribution < 1.29 is 30.0 Å². The first kappa shape index (κ1) is 20.0. The van der Waals surface area contributed by atoms with Crippen molar-refractivity contribution in [1.82, 2.24) is 0 Å². The van der Waals surface area contributed by atoms with Gasteiger partial charge in [0.2, 0.25) is 0 Å². The van der Waals surface area contributed by atoms with E-state index in [1.807, 2.05) is 0 Å². The molecule has 6 heteroatoms. The van der Waals surface area contributed by atoms with Gasteiger partial charge >= 0.3 is 11.9 Å². The Kier molecular flexibility index (Phi) is 5.54. The van der Waals surface area contributed by atoms with E-state index >= 15 is 0 Å². The van der Waals surface area contributed by atoms with E-state index in [2.05, 4.69) is 0 Å². The first-order valence-electron chi connectivity index (χ1n) is 9.27. The molecule has 0 aromatic heterocycles. The van der Waals surface area contributed by atoms with E-state index in [1.54, 1.807) is 60.7 Å². The SMILES string of the molecule is O=C(O)C(c1ccccc1)C1(O)CCC(O)(C(C(=O)O)c2ccccc2)CC1. The number of carbonyl (C=O) groups is 2. The fourth-order valence-corrected chi connectivity index (χ4v) is 4.35. The van der Waals surface area contributed by atoms with Crippen LogP contribution in [0.1, 0.15) is 48.6 Å². The minimum absolute atomic E-state index is 0.00796. The Morgan fingerprint density at radius 1 is 0.643 bits per heavy atom. The van der Waals surface area contributed by atoms with Gasteiger partial charge in [-0.15, -0.1) is 0 Å². The number of rotatable bonds is 6. The number of aliphatic hydroxyl groups is 2. The normalized spacial score (nSPS) is 26.9. The standard InChI is InChI=1S/C22H24O6/c23-19(24)17(15-7-3-1-4-8-15)21(27)11-13-22(28,14-12-21)18(20(25)26)16-9-5-2-6-10-16/h1-10,17-18,27-28H,11-14H2,(H,23,24)(H,25,26). The van der Waals surface area contributed by atoms with E-state index in [-0.39, 0.29) is 25.7 Å². The molecule has 2 unspecified atom stereocenters. The molecule has 0 amide bonds. The second kappa shape index (κ2) is 7.73. The Balaban J connectivity index is 1.87. The summed E-state index contributed by atoms with van der Waals surface area (Å²) in [7, 11) is 0. The zero-order valence-electron chi connectivity index (χ0n) is 15.4. The summed E-state index contributed by atoms with van der Waals surface area (Å²) >= 11 is 0. The van der Waals surface area contributed by atoms with Gasteiger partial charge in [-0.25, -0.2) is 0 Å². The molecular weight excluding hydrogens is 360 g/mol. The third kappa shape index (κ3) is 3.79. The smallest absolute Gasteiger partial charge is 0.313 e. The lowest BCUT2D eigenvalue weighted by Crippen LogP contribution is -2.51. The molecule has 28 heavy (non-hydrogen) atoms. The van der Waals surface area contributed by atoms with E-state index in [9.17, 15) is 30.0 Å². The van der Waals surface area contributed by atoms with E-state index in [0.29, 0.717) is 11.1 Å². The van der Waals surface area contributed by atoms with Crippen molar-refractivity contribution in [2.75, 3.05) is 0 Å². The lowest BCUT2D eigenvalue weighted by atomic mass is 9.64. The molecule has 0 aliphatic heterocycles. The maximum Gasteiger partial charge on any atom is 0.313 e. The molecule has 1 aliphatic carbocycles. The number of benzene rings is 2. The van der Waals surface area contributed by atoms with Crippen molar-refractivity contribution in [3.63, 3.8) is 0 Å². The van der Waals surface area contributed by atoms with Gasteiger partial charge in [0.15, 0.2) is 0 Å². The molecule has 1 saturated carbocycles. The highest BCUT2D eigenvalue weighted by atomic mass is 16.4. The van der Waals surface area contributed by atoms with Gasteiger partial charge < -0.3 is 20.4 Å². The number of aliphatic carboxylic acids is 2. The zero-order valence-corrected chi connectivity index (χ0v) is 15.4. The third-order valence-corrected chi connectivity index (χ3v) is 5.82. The molecular formula is C22H24O6. The van der Waals surface area contributed by atoms with Crippen LogP contribution in [-0.2, 0) is 9.59 Å². The van der Waals surface area contributed by atoms with Crippen molar-refractivity contribution in [2.45, 2.75) is 48.7 Å². The largest absolute Gasteiger partial charge is 0.481 e. The molecule has 0 bridgehead atoms. The van der Waals surface area contributed by atoms with E-state index in [1.165, 1.54) is 0 Å². The second-order valence-corrected chi connectivity index (χ2v) is 7.57. The van der Waals surface area contributed by atoms with Gasteiger partial charge in [0.05, 0.1) is 11.2 Å². The Morgan fingerprint density at radius 3 is 1.18 bits per heavy atom. The van der Waals surface area contributed by atoms with Crippen LogP contribution >= 0.6 is 0 Å². The molecule has 148 valence electrons. The number of carboxylic acid groups (broad SMARTS) is 2. The van der Waals surface area contributed by atoms with Crippen LogP contribution in [0.15, 0.2) is 60.7 Å². The van der Waals surface area contributed by atoms with Crippen molar-refractivity contribution in [3.8, 4) is 0 Å². The predicted molar refractivity (Wildman–Crippen MR) is 102 cm³/mol. The minimum atomic E-state index is -1.56. The van der Waals surface area contributed by atoms with E-state index in [0.717, 1.165) is 0 Å². The Labute approximate surface area is 163 Å². The summed E-state index contributed by atoms with van der Waals surface area (Å²) in [6, 6.07) is 17.0. The molecule has 0 spiro atoms. The topological polar surface area (TPSA) is 115 Å². The van der Waals surface area contributed by atoms with Gasteiger partial charge in [-0.2, -0.15) is 0 Å². The highest BCUT2D eigenvalue weighted by molar-refractivity contribution is 5.79. The molecule has 0 radical (unpaired) electrons. The monoisotopic (exact) mass is 384 g/mol. The van der Waals surface area contributed by atoms with Crippen LogP contribution in [0.25, 0.3) is 0 Å². The highest BCUT2D eigenvalue weighted by Gasteiger charge is 2.52. The fraction of sp³-hybridized carbons (Fsp3) is 0.364. The van der Waals surface area contributed by atoms with Crippen molar-refractivity contribution in [3.05, 3.63) is 71.8 Å². The Bertz CT molecular complexity index is 753. The van der Waals surface area contributed by atoms with E-state index in [4.69, 9.17) is 0 Å². The first-order valence-corrected chi connectivity index (χ1v) is 9.27. The van der Waals surface area contributed by atoms with Crippen molar-refractivity contribution >= 4 is 11.9 Å². The Hall–Kier alpha value is -2.70. The van der Waals surface area contributed by atoms with Crippen LogP contribution in [0.2, 0.25) is 0 Å². The summed E-state index contributed by atoms with van der Waals surface area (Å²) in [5.74, 6) is -4.56. The van der Waals surface area contributed by atoms with Crippen LogP contribution in [0, 0.1) is 0 Å². The van der Waals surface area contributed by atoms with Crippen LogP contribution in [-0.4, -0.2) is 43.6 Å². The third-order valence-electron chi connectivity index (χ3n) is 5.82.